The number of nitrogens with zero attached hydrogens (tertiary/aromatic N) is 1. The molecule has 8 heteroatoms. The van der Waals surface area contributed by atoms with E-state index in [1.807, 2.05) is 30.3 Å². The first kappa shape index (κ1) is 20.4. The van der Waals surface area contributed by atoms with E-state index >= 15 is 0 Å². The molecule has 6 nitrogen and oxygen atoms in total. The molecule has 0 unspecified atom stereocenters. The number of rotatable bonds is 7. The maximum atomic E-state index is 14.1. The molecule has 0 aliphatic carbocycles. The average molecular weight is 401 g/mol. The Labute approximate surface area is 166 Å². The molecule has 1 fully saturated rings. The maximum Gasteiger partial charge on any atom is 0.325 e. The van der Waals surface area contributed by atoms with Crippen molar-refractivity contribution in [1.29, 1.82) is 0 Å². The van der Waals surface area contributed by atoms with E-state index in [4.69, 9.17) is 0 Å². The Morgan fingerprint density at radius 1 is 1.14 bits per heavy atom. The van der Waals surface area contributed by atoms with Crippen molar-refractivity contribution >= 4 is 17.8 Å². The zero-order valence-corrected chi connectivity index (χ0v) is 15.9. The minimum atomic E-state index is -1.78. The van der Waals surface area contributed by atoms with Gasteiger partial charge in [0.2, 0.25) is 5.91 Å². The number of urea groups is 1. The standard InChI is InChI=1S/C21H21F2N3O3/c1-21(16-12-15(22)9-10-17(16)23)19(28)26(20(29)25-21)13-18(27)24-11-5-8-14-6-3-2-4-7-14/h2-4,6-7,9-10,12H,5,8,11,13H2,1H3,(H,24,27)(H,25,29)/t21-/m1/s1. The summed E-state index contributed by atoms with van der Waals surface area (Å²) in [5.41, 5.74) is -0.929. The number of amides is 4. The number of nitrogens with one attached hydrogen (secondary N) is 2. The summed E-state index contributed by atoms with van der Waals surface area (Å²) in [6, 6.07) is 11.6. The van der Waals surface area contributed by atoms with Gasteiger partial charge in [0, 0.05) is 12.1 Å². The zero-order chi connectivity index (χ0) is 21.0. The minimum absolute atomic E-state index is 0.290. The quantitative estimate of drug-likeness (QED) is 0.553. The Balaban J connectivity index is 1.58. The molecule has 1 aliphatic rings. The van der Waals surface area contributed by atoms with Crippen molar-refractivity contribution in [3.8, 4) is 0 Å². The second-order valence-electron chi connectivity index (χ2n) is 7.01. The number of carbonyl (C=O) groups is 3. The maximum absolute atomic E-state index is 14.1. The smallest absolute Gasteiger partial charge is 0.325 e. The summed E-state index contributed by atoms with van der Waals surface area (Å²) in [6.45, 7) is 1.17. The topological polar surface area (TPSA) is 78.5 Å². The summed E-state index contributed by atoms with van der Waals surface area (Å²) >= 11 is 0. The van der Waals surface area contributed by atoms with Crippen LogP contribution >= 0.6 is 0 Å². The normalized spacial score (nSPS) is 18.7. The number of carbonyl (C=O) groups excluding carboxylic acids is 3. The highest BCUT2D eigenvalue weighted by molar-refractivity contribution is 6.09. The molecule has 0 saturated carbocycles. The second kappa shape index (κ2) is 8.38. The van der Waals surface area contributed by atoms with Crippen LogP contribution in [0.3, 0.4) is 0 Å². The third kappa shape index (κ3) is 4.42. The van der Waals surface area contributed by atoms with E-state index in [2.05, 4.69) is 10.6 Å². The predicted octanol–water partition coefficient (Wildman–Crippen LogP) is 2.48. The van der Waals surface area contributed by atoms with Crippen LogP contribution in [0.4, 0.5) is 13.6 Å². The lowest BCUT2D eigenvalue weighted by Gasteiger charge is -2.22. The number of hydrogen-bond donors (Lipinski definition) is 2. The van der Waals surface area contributed by atoms with E-state index in [0.717, 1.165) is 30.2 Å². The highest BCUT2D eigenvalue weighted by atomic mass is 19.1. The number of halogens is 2. The largest absolute Gasteiger partial charge is 0.355 e. The first-order valence-corrected chi connectivity index (χ1v) is 9.21. The van der Waals surface area contributed by atoms with Gasteiger partial charge in [-0.3, -0.25) is 14.5 Å². The molecule has 3 rings (SSSR count). The Morgan fingerprint density at radius 2 is 1.86 bits per heavy atom. The average Bonchev–Trinajstić information content (AvgIpc) is 2.92. The Hall–Kier alpha value is -3.29. The number of imide groups is 1. The molecule has 152 valence electrons. The number of benzene rings is 2. The van der Waals surface area contributed by atoms with Crippen LogP contribution in [0.2, 0.25) is 0 Å². The summed E-state index contributed by atoms with van der Waals surface area (Å²) in [5.74, 6) is -2.88. The summed E-state index contributed by atoms with van der Waals surface area (Å²) in [6.07, 6.45) is 1.48. The van der Waals surface area contributed by atoms with Crippen LogP contribution in [-0.4, -0.2) is 35.8 Å². The Bertz CT molecular complexity index is 936. The first-order chi connectivity index (χ1) is 13.8. The van der Waals surface area contributed by atoms with Crippen LogP contribution in [0, 0.1) is 11.6 Å². The summed E-state index contributed by atoms with van der Waals surface area (Å²) in [4.78, 5) is 37.8. The van der Waals surface area contributed by atoms with Crippen LogP contribution in [0.5, 0.6) is 0 Å². The summed E-state index contributed by atoms with van der Waals surface area (Å²) in [5, 5.41) is 5.02. The Kier molecular flexibility index (Phi) is 5.91. The lowest BCUT2D eigenvalue weighted by molar-refractivity contribution is -0.134. The van der Waals surface area contributed by atoms with Gasteiger partial charge < -0.3 is 10.6 Å². The number of aryl methyl sites for hydroxylation is 1. The van der Waals surface area contributed by atoms with Gasteiger partial charge in [-0.1, -0.05) is 30.3 Å². The van der Waals surface area contributed by atoms with Crippen LogP contribution in [-0.2, 0) is 21.5 Å². The van der Waals surface area contributed by atoms with E-state index in [1.54, 1.807) is 0 Å². The fourth-order valence-corrected chi connectivity index (χ4v) is 3.27. The third-order valence-electron chi connectivity index (χ3n) is 4.85. The van der Waals surface area contributed by atoms with Crippen molar-refractivity contribution in [2.24, 2.45) is 0 Å². The van der Waals surface area contributed by atoms with Crippen LogP contribution in [0.1, 0.15) is 24.5 Å². The van der Waals surface area contributed by atoms with Crippen LogP contribution < -0.4 is 10.6 Å². The van der Waals surface area contributed by atoms with E-state index in [0.29, 0.717) is 17.9 Å². The summed E-state index contributed by atoms with van der Waals surface area (Å²) < 4.78 is 27.7. The molecule has 0 bridgehead atoms. The molecule has 0 aromatic heterocycles. The van der Waals surface area contributed by atoms with Gasteiger partial charge in [-0.25, -0.2) is 13.6 Å². The predicted molar refractivity (Wildman–Crippen MR) is 102 cm³/mol. The monoisotopic (exact) mass is 401 g/mol. The van der Waals surface area contributed by atoms with Crippen molar-refractivity contribution in [2.75, 3.05) is 13.1 Å². The molecule has 1 atom stereocenters. The summed E-state index contributed by atoms with van der Waals surface area (Å²) in [7, 11) is 0. The van der Waals surface area contributed by atoms with Crippen molar-refractivity contribution in [2.45, 2.75) is 25.3 Å². The van der Waals surface area contributed by atoms with Gasteiger partial charge in [-0.05, 0) is 43.5 Å². The highest BCUT2D eigenvalue weighted by Gasteiger charge is 2.50. The first-order valence-electron chi connectivity index (χ1n) is 9.21. The molecule has 2 N–H and O–H groups in total. The fourth-order valence-electron chi connectivity index (χ4n) is 3.27. The molecule has 0 spiro atoms. The van der Waals surface area contributed by atoms with Gasteiger partial charge in [0.15, 0.2) is 0 Å². The molecular formula is C21H21F2N3O3. The SMILES string of the molecule is C[C@]1(c2cc(F)ccc2F)NC(=O)N(CC(=O)NCCCc2ccccc2)C1=O. The molecule has 0 radical (unpaired) electrons. The van der Waals surface area contributed by atoms with Crippen LogP contribution in [0.25, 0.3) is 0 Å². The van der Waals surface area contributed by atoms with Crippen molar-refractivity contribution in [3.63, 3.8) is 0 Å². The van der Waals surface area contributed by atoms with Gasteiger partial charge in [0.1, 0.15) is 23.7 Å². The van der Waals surface area contributed by atoms with Gasteiger partial charge in [0.05, 0.1) is 0 Å². The van der Waals surface area contributed by atoms with Gasteiger partial charge in [0.25, 0.3) is 5.91 Å². The molecular weight excluding hydrogens is 380 g/mol. The molecule has 1 saturated heterocycles. The second-order valence-corrected chi connectivity index (χ2v) is 7.01. The molecule has 4 amide bonds. The molecule has 1 heterocycles. The van der Waals surface area contributed by atoms with Gasteiger partial charge >= 0.3 is 6.03 Å². The molecule has 2 aromatic rings. The number of hydrogen-bond acceptors (Lipinski definition) is 3. The van der Waals surface area contributed by atoms with Crippen molar-refractivity contribution < 1.29 is 23.2 Å². The fraction of sp³-hybridized carbons (Fsp3) is 0.286. The van der Waals surface area contributed by atoms with E-state index in [1.165, 1.54) is 6.92 Å². The molecule has 2 aromatic carbocycles. The lowest BCUT2D eigenvalue weighted by Crippen LogP contribution is -2.43. The van der Waals surface area contributed by atoms with Crippen molar-refractivity contribution in [1.82, 2.24) is 15.5 Å². The van der Waals surface area contributed by atoms with Crippen LogP contribution in [0.15, 0.2) is 48.5 Å². The van der Waals surface area contributed by atoms with Crippen molar-refractivity contribution in [3.05, 3.63) is 71.3 Å². The van der Waals surface area contributed by atoms with E-state index < -0.39 is 41.6 Å². The Morgan fingerprint density at radius 3 is 2.59 bits per heavy atom. The molecule has 29 heavy (non-hydrogen) atoms. The highest BCUT2D eigenvalue weighted by Crippen LogP contribution is 2.31. The van der Waals surface area contributed by atoms with E-state index in [9.17, 15) is 23.2 Å². The third-order valence-corrected chi connectivity index (χ3v) is 4.85. The zero-order valence-electron chi connectivity index (χ0n) is 15.9. The van der Waals surface area contributed by atoms with Gasteiger partial charge in [-0.15, -0.1) is 0 Å². The minimum Gasteiger partial charge on any atom is -0.355 e. The van der Waals surface area contributed by atoms with E-state index in [-0.39, 0.29) is 5.56 Å². The lowest BCUT2D eigenvalue weighted by atomic mass is 9.91. The van der Waals surface area contributed by atoms with Gasteiger partial charge in [-0.2, -0.15) is 0 Å². The molecule has 1 aliphatic heterocycles.